The predicted octanol–water partition coefficient (Wildman–Crippen LogP) is 3.78. The molecule has 2 aliphatic carbocycles. The largest absolute Gasteiger partial charge is 0.461 e. The minimum Gasteiger partial charge on any atom is -0.461 e. The van der Waals surface area contributed by atoms with Crippen LogP contribution in [0.2, 0.25) is 0 Å². The van der Waals surface area contributed by atoms with Gasteiger partial charge in [-0.25, -0.2) is 9.59 Å². The number of carbonyl (C=O) groups excluding carboxylic acids is 4. The average molecular weight is 627 g/mol. The maximum absolute atomic E-state index is 14.7. The number of alkyl halides is 3. The number of rotatable bonds is 7. The number of hydrogen-bond acceptors (Lipinski definition) is 10. The van der Waals surface area contributed by atoms with Crippen molar-refractivity contribution in [2.24, 2.45) is 23.2 Å². The van der Waals surface area contributed by atoms with E-state index in [-0.39, 0.29) is 12.0 Å². The van der Waals surface area contributed by atoms with Crippen LogP contribution in [0.5, 0.6) is 0 Å². The quantitative estimate of drug-likeness (QED) is 0.271. The molecule has 3 aliphatic rings. The second-order valence-corrected chi connectivity index (χ2v) is 12.4. The molecule has 1 aliphatic heterocycles. The third-order valence-electron chi connectivity index (χ3n) is 9.26. The Morgan fingerprint density at radius 1 is 1.07 bits per heavy atom. The molecule has 2 saturated carbocycles. The van der Waals surface area contributed by atoms with Gasteiger partial charge >= 0.3 is 30.1 Å². The van der Waals surface area contributed by atoms with Gasteiger partial charge in [0, 0.05) is 42.9 Å². The number of esters is 4. The molecule has 1 aromatic carbocycles. The normalized spacial score (nSPS) is 34.7. The van der Waals surface area contributed by atoms with Crippen molar-refractivity contribution in [3.63, 3.8) is 0 Å². The molecule has 13 heteroatoms. The topological polar surface area (TPSA) is 135 Å². The summed E-state index contributed by atoms with van der Waals surface area (Å²) in [4.78, 5) is 51.4. The number of fused-ring (bicyclic) bond motifs is 3. The number of ether oxygens (including phenoxy) is 5. The summed E-state index contributed by atoms with van der Waals surface area (Å²) in [6.45, 7) is 11.0. The van der Waals surface area contributed by atoms with Crippen LogP contribution in [0.3, 0.4) is 0 Å². The summed E-state index contributed by atoms with van der Waals surface area (Å²) >= 11 is 0. The molecule has 0 bridgehead atoms. The first-order chi connectivity index (χ1) is 20.3. The Kier molecular flexibility index (Phi) is 8.73. The van der Waals surface area contributed by atoms with Crippen LogP contribution >= 0.6 is 0 Å². The number of benzene rings is 1. The zero-order valence-electron chi connectivity index (χ0n) is 25.3. The molecule has 1 aromatic rings. The van der Waals surface area contributed by atoms with Crippen LogP contribution in [0.4, 0.5) is 13.2 Å². The van der Waals surface area contributed by atoms with Crippen molar-refractivity contribution >= 4 is 23.9 Å². The van der Waals surface area contributed by atoms with E-state index in [4.69, 9.17) is 23.7 Å². The SMILES string of the molecule is C=C1C(=O)O[C@H]2[C@H]1[C@H](OC(=O)C(C)C)C[C@@]1(C)[C@H](OC(=O)[C@@](OC)(c3ccccc3)C(F)(F)F)C[C@H](OC(C)=O)[C@@](C)(O)[C@H]21. The zero-order valence-corrected chi connectivity index (χ0v) is 25.3. The lowest BCUT2D eigenvalue weighted by molar-refractivity contribution is -0.295. The van der Waals surface area contributed by atoms with Gasteiger partial charge in [0.25, 0.3) is 5.60 Å². The van der Waals surface area contributed by atoms with E-state index in [1.807, 2.05) is 0 Å². The van der Waals surface area contributed by atoms with Crippen LogP contribution in [0.15, 0.2) is 42.5 Å². The molecule has 1 N–H and O–H groups in total. The van der Waals surface area contributed by atoms with Crippen molar-refractivity contribution < 1.29 is 61.1 Å². The first-order valence-corrected chi connectivity index (χ1v) is 14.2. The van der Waals surface area contributed by atoms with Gasteiger partial charge in [-0.3, -0.25) is 9.59 Å². The van der Waals surface area contributed by atoms with E-state index in [1.165, 1.54) is 25.1 Å². The third kappa shape index (κ3) is 5.27. The molecule has 1 heterocycles. The molecule has 4 rings (SSSR count). The van der Waals surface area contributed by atoms with Gasteiger partial charge in [-0.05, 0) is 13.3 Å². The van der Waals surface area contributed by atoms with E-state index >= 15 is 0 Å². The monoisotopic (exact) mass is 626 g/mol. The highest BCUT2D eigenvalue weighted by Gasteiger charge is 2.72. The highest BCUT2D eigenvalue weighted by atomic mass is 19.4. The Bertz CT molecular complexity index is 1330. The van der Waals surface area contributed by atoms with Gasteiger partial charge in [0.15, 0.2) is 0 Å². The van der Waals surface area contributed by atoms with Crippen LogP contribution in [0, 0.1) is 23.2 Å². The van der Waals surface area contributed by atoms with E-state index < -0.39 is 101 Å². The number of hydrogen-bond donors (Lipinski definition) is 1. The van der Waals surface area contributed by atoms with Gasteiger partial charge in [0.2, 0.25) is 0 Å². The van der Waals surface area contributed by atoms with Crippen molar-refractivity contribution in [3.8, 4) is 0 Å². The number of aliphatic hydroxyl groups is 1. The Morgan fingerprint density at radius 2 is 1.68 bits per heavy atom. The average Bonchev–Trinajstić information content (AvgIpc) is 3.20. The summed E-state index contributed by atoms with van der Waals surface area (Å²) in [5.41, 5.74) is -7.50. The molecule has 3 fully saturated rings. The van der Waals surface area contributed by atoms with Crippen molar-refractivity contribution in [2.75, 3.05) is 7.11 Å². The smallest absolute Gasteiger partial charge is 0.432 e. The second kappa shape index (κ2) is 11.5. The van der Waals surface area contributed by atoms with Crippen molar-refractivity contribution in [1.29, 1.82) is 0 Å². The van der Waals surface area contributed by atoms with Crippen LogP contribution in [0.1, 0.15) is 53.0 Å². The van der Waals surface area contributed by atoms with E-state index in [1.54, 1.807) is 20.8 Å². The maximum Gasteiger partial charge on any atom is 0.432 e. The van der Waals surface area contributed by atoms with Gasteiger partial charge < -0.3 is 28.8 Å². The molecule has 9 atom stereocenters. The summed E-state index contributed by atoms with van der Waals surface area (Å²) in [5.74, 6) is -6.70. The van der Waals surface area contributed by atoms with E-state index in [0.29, 0.717) is 0 Å². The van der Waals surface area contributed by atoms with Crippen LogP contribution in [-0.2, 0) is 48.5 Å². The summed E-state index contributed by atoms with van der Waals surface area (Å²) < 4.78 is 71.7. The van der Waals surface area contributed by atoms with E-state index in [2.05, 4.69) is 6.58 Å². The summed E-state index contributed by atoms with van der Waals surface area (Å²) in [6, 6.07) is 6.24. The van der Waals surface area contributed by atoms with Gasteiger partial charge in [-0.15, -0.1) is 0 Å². The zero-order chi connectivity index (χ0) is 33.0. The number of halogens is 3. The van der Waals surface area contributed by atoms with E-state index in [0.717, 1.165) is 26.2 Å². The standard InChI is InChI=1S/C31H37F3O10/c1-15(2)25(36)42-19-14-28(5)20(43-27(38)30(40-7,31(32,33)34)18-11-9-8-10-12-18)13-21(41-17(4)35)29(6,39)24(28)23-22(19)16(3)26(37)44-23/h8-12,15,19-24,39H,3,13-14H2,1-2,4-7H3/t19-,20-,21+,22-,23+,24-,28+,29-,30+/m1/s1. The molecule has 44 heavy (non-hydrogen) atoms. The minimum atomic E-state index is -5.28. The number of carbonyl (C=O) groups is 4. The molecular weight excluding hydrogens is 589 g/mol. The van der Waals surface area contributed by atoms with Gasteiger partial charge in [-0.2, -0.15) is 13.2 Å². The lowest BCUT2D eigenvalue weighted by atomic mass is 9.49. The van der Waals surface area contributed by atoms with Crippen molar-refractivity contribution in [1.82, 2.24) is 0 Å². The lowest BCUT2D eigenvalue weighted by Crippen LogP contribution is -2.71. The molecule has 0 spiro atoms. The second-order valence-electron chi connectivity index (χ2n) is 12.4. The Labute approximate surface area is 252 Å². The van der Waals surface area contributed by atoms with Gasteiger partial charge in [0.1, 0.15) is 30.0 Å². The van der Waals surface area contributed by atoms with Crippen LogP contribution < -0.4 is 0 Å². The molecule has 1 saturated heterocycles. The van der Waals surface area contributed by atoms with Gasteiger partial charge in [0.05, 0.1) is 11.8 Å². The summed E-state index contributed by atoms with van der Waals surface area (Å²) in [5, 5.41) is 11.9. The Hall–Kier alpha value is -3.45. The molecule has 0 amide bonds. The first kappa shape index (κ1) is 33.4. The first-order valence-electron chi connectivity index (χ1n) is 14.2. The van der Waals surface area contributed by atoms with Crippen molar-refractivity contribution in [3.05, 3.63) is 48.0 Å². The fourth-order valence-electron chi connectivity index (χ4n) is 7.17. The van der Waals surface area contributed by atoms with Gasteiger partial charge in [-0.1, -0.05) is 57.7 Å². The molecule has 0 radical (unpaired) electrons. The predicted molar refractivity (Wildman–Crippen MR) is 145 cm³/mol. The fraction of sp³-hybridized carbons (Fsp3) is 0.613. The van der Waals surface area contributed by atoms with Crippen LogP contribution in [0.25, 0.3) is 0 Å². The van der Waals surface area contributed by atoms with E-state index in [9.17, 15) is 37.5 Å². The molecular formula is C31H37F3O10. The highest BCUT2D eigenvalue weighted by molar-refractivity contribution is 5.91. The Balaban J connectivity index is 1.86. The van der Waals surface area contributed by atoms with Crippen molar-refractivity contribution in [2.45, 2.75) is 89.3 Å². The van der Waals surface area contributed by atoms with Crippen LogP contribution in [-0.4, -0.2) is 72.3 Å². The molecule has 0 aromatic heterocycles. The molecule has 242 valence electrons. The fourth-order valence-corrected chi connectivity index (χ4v) is 7.17. The number of methoxy groups -OCH3 is 1. The maximum atomic E-state index is 14.7. The Morgan fingerprint density at radius 3 is 2.20 bits per heavy atom. The molecule has 10 nitrogen and oxygen atoms in total. The lowest BCUT2D eigenvalue weighted by Gasteiger charge is -2.60. The minimum absolute atomic E-state index is 0.0166. The summed E-state index contributed by atoms with van der Waals surface area (Å²) in [7, 11) is 0.732. The third-order valence-corrected chi connectivity index (χ3v) is 9.26. The highest BCUT2D eigenvalue weighted by Crippen LogP contribution is 2.61. The summed E-state index contributed by atoms with van der Waals surface area (Å²) in [6.07, 6.45) is -11.0. The molecule has 0 unspecified atom stereocenters.